The van der Waals surface area contributed by atoms with Crippen LogP contribution in [0.1, 0.15) is 12.8 Å². The van der Waals surface area contributed by atoms with Crippen LogP contribution in [0.3, 0.4) is 0 Å². The predicted octanol–water partition coefficient (Wildman–Crippen LogP) is 1.35. The lowest BCUT2D eigenvalue weighted by atomic mass is 10.1. The number of piperidine rings is 1. The highest BCUT2D eigenvalue weighted by Crippen LogP contribution is 2.22. The number of amides is 1. The zero-order valence-electron chi connectivity index (χ0n) is 9.61. The molecular weight excluding hydrogens is 240 g/mol. The van der Waals surface area contributed by atoms with Crippen LogP contribution in [0.25, 0.3) is 0 Å². The van der Waals surface area contributed by atoms with Crippen LogP contribution in [0.5, 0.6) is 0 Å². The van der Waals surface area contributed by atoms with Gasteiger partial charge in [-0.1, -0.05) is 11.6 Å². The number of hydrogen-bond donors (Lipinski definition) is 2. The molecule has 2 heterocycles. The molecule has 1 aliphatic rings. The van der Waals surface area contributed by atoms with Crippen molar-refractivity contribution < 1.29 is 4.79 Å². The Bertz CT molecular complexity index is 437. The minimum atomic E-state index is 0.181. The first-order valence-corrected chi connectivity index (χ1v) is 5.85. The molecule has 3 N–H and O–H groups in total. The first kappa shape index (κ1) is 12.0. The molecular formula is C11H15ClN4O. The number of aromatic nitrogens is 1. The van der Waals surface area contributed by atoms with Gasteiger partial charge in [-0.3, -0.25) is 4.79 Å². The van der Waals surface area contributed by atoms with Crippen LogP contribution in [-0.4, -0.2) is 35.4 Å². The van der Waals surface area contributed by atoms with E-state index in [1.54, 1.807) is 24.2 Å². The summed E-state index contributed by atoms with van der Waals surface area (Å²) < 4.78 is 0. The van der Waals surface area contributed by atoms with Crippen LogP contribution in [-0.2, 0) is 4.79 Å². The van der Waals surface area contributed by atoms with Crippen molar-refractivity contribution in [1.29, 1.82) is 0 Å². The standard InChI is InChI=1S/C11H15ClN4O/c1-16-6-8(2-3-10(16)17)15-11-9(13)4-7(12)5-14-11/h4-5,8H,2-3,6,13H2,1H3,(H,14,15). The third-order valence-corrected chi connectivity index (χ3v) is 3.06. The van der Waals surface area contributed by atoms with E-state index in [0.717, 1.165) is 6.42 Å². The van der Waals surface area contributed by atoms with Gasteiger partial charge in [0.15, 0.2) is 0 Å². The van der Waals surface area contributed by atoms with E-state index in [-0.39, 0.29) is 11.9 Å². The Hall–Kier alpha value is -1.49. The summed E-state index contributed by atoms with van der Waals surface area (Å²) in [4.78, 5) is 17.2. The van der Waals surface area contributed by atoms with E-state index in [1.807, 2.05) is 0 Å². The van der Waals surface area contributed by atoms with Gasteiger partial charge in [-0.15, -0.1) is 0 Å². The van der Waals surface area contributed by atoms with E-state index in [4.69, 9.17) is 17.3 Å². The number of nitrogens with zero attached hydrogens (tertiary/aromatic N) is 2. The Labute approximate surface area is 105 Å². The fourth-order valence-corrected chi connectivity index (χ4v) is 2.07. The number of hydrogen-bond acceptors (Lipinski definition) is 4. The second kappa shape index (κ2) is 4.79. The lowest BCUT2D eigenvalue weighted by Gasteiger charge is -2.30. The molecule has 5 nitrogen and oxygen atoms in total. The molecule has 6 heteroatoms. The molecule has 1 aromatic rings. The van der Waals surface area contributed by atoms with Crippen molar-refractivity contribution in [1.82, 2.24) is 9.88 Å². The third kappa shape index (κ3) is 2.79. The number of nitrogen functional groups attached to an aromatic ring is 1. The number of rotatable bonds is 2. The van der Waals surface area contributed by atoms with E-state index < -0.39 is 0 Å². The lowest BCUT2D eigenvalue weighted by Crippen LogP contribution is -2.43. The Morgan fingerprint density at radius 3 is 3.06 bits per heavy atom. The number of nitrogens with two attached hydrogens (primary N) is 1. The number of likely N-dealkylation sites (N-methyl/N-ethyl adjacent to an activating group) is 1. The van der Waals surface area contributed by atoms with Crippen molar-refractivity contribution in [2.24, 2.45) is 0 Å². The average Bonchev–Trinajstić information content (AvgIpc) is 2.27. The van der Waals surface area contributed by atoms with Crippen molar-refractivity contribution >= 4 is 29.0 Å². The van der Waals surface area contributed by atoms with E-state index in [0.29, 0.717) is 29.5 Å². The minimum absolute atomic E-state index is 0.181. The molecule has 92 valence electrons. The molecule has 2 rings (SSSR count). The molecule has 1 aliphatic heterocycles. The quantitative estimate of drug-likeness (QED) is 0.836. The summed E-state index contributed by atoms with van der Waals surface area (Å²) in [5.74, 6) is 0.808. The van der Waals surface area contributed by atoms with Gasteiger partial charge in [0.05, 0.1) is 10.7 Å². The van der Waals surface area contributed by atoms with E-state index in [9.17, 15) is 4.79 Å². The monoisotopic (exact) mass is 254 g/mol. The van der Waals surface area contributed by atoms with E-state index in [2.05, 4.69) is 10.3 Å². The Balaban J connectivity index is 2.03. The van der Waals surface area contributed by atoms with Gasteiger partial charge in [0.25, 0.3) is 0 Å². The lowest BCUT2D eigenvalue weighted by molar-refractivity contribution is -0.132. The average molecular weight is 255 g/mol. The van der Waals surface area contributed by atoms with Crippen LogP contribution in [0.2, 0.25) is 5.02 Å². The highest BCUT2D eigenvalue weighted by Gasteiger charge is 2.23. The number of anilines is 2. The maximum atomic E-state index is 11.3. The first-order chi connectivity index (χ1) is 8.06. The van der Waals surface area contributed by atoms with Crippen molar-refractivity contribution in [3.05, 3.63) is 17.3 Å². The minimum Gasteiger partial charge on any atom is -0.396 e. The Morgan fingerprint density at radius 1 is 1.65 bits per heavy atom. The second-order valence-electron chi connectivity index (χ2n) is 4.25. The van der Waals surface area contributed by atoms with E-state index >= 15 is 0 Å². The predicted molar refractivity (Wildman–Crippen MR) is 67.9 cm³/mol. The molecule has 17 heavy (non-hydrogen) atoms. The maximum Gasteiger partial charge on any atom is 0.222 e. The van der Waals surface area contributed by atoms with Crippen LogP contribution in [0, 0.1) is 0 Å². The number of carbonyl (C=O) groups is 1. The molecule has 0 radical (unpaired) electrons. The zero-order valence-corrected chi connectivity index (χ0v) is 10.4. The zero-order chi connectivity index (χ0) is 12.4. The van der Waals surface area contributed by atoms with Gasteiger partial charge in [0.2, 0.25) is 5.91 Å². The molecule has 0 spiro atoms. The molecule has 1 saturated heterocycles. The van der Waals surface area contributed by atoms with Crippen molar-refractivity contribution in [2.75, 3.05) is 24.6 Å². The number of halogens is 1. The topological polar surface area (TPSA) is 71.2 Å². The van der Waals surface area contributed by atoms with Crippen molar-refractivity contribution in [2.45, 2.75) is 18.9 Å². The molecule has 0 saturated carbocycles. The highest BCUT2D eigenvalue weighted by molar-refractivity contribution is 6.30. The summed E-state index contributed by atoms with van der Waals surface area (Å²) >= 11 is 5.78. The number of carbonyl (C=O) groups excluding carboxylic acids is 1. The molecule has 1 aromatic heterocycles. The van der Waals surface area contributed by atoms with Crippen LogP contribution < -0.4 is 11.1 Å². The van der Waals surface area contributed by atoms with Gasteiger partial charge in [-0.2, -0.15) is 0 Å². The maximum absolute atomic E-state index is 11.3. The molecule has 0 aromatic carbocycles. The normalized spacial score (nSPS) is 20.5. The SMILES string of the molecule is CN1CC(Nc2ncc(Cl)cc2N)CCC1=O. The van der Waals surface area contributed by atoms with Gasteiger partial charge < -0.3 is 16.0 Å². The third-order valence-electron chi connectivity index (χ3n) is 2.85. The number of nitrogens with one attached hydrogen (secondary N) is 1. The van der Waals surface area contributed by atoms with Gasteiger partial charge in [0.1, 0.15) is 5.82 Å². The number of pyridine rings is 1. The summed E-state index contributed by atoms with van der Waals surface area (Å²) in [6.45, 7) is 0.669. The Morgan fingerprint density at radius 2 is 2.41 bits per heavy atom. The summed E-state index contributed by atoms with van der Waals surface area (Å²) in [5, 5.41) is 3.76. The van der Waals surface area contributed by atoms with Crippen molar-refractivity contribution in [3.63, 3.8) is 0 Å². The van der Waals surface area contributed by atoms with Crippen LogP contribution in [0.4, 0.5) is 11.5 Å². The molecule has 1 atom stereocenters. The molecule has 1 fully saturated rings. The molecule has 1 unspecified atom stereocenters. The number of likely N-dealkylation sites (tertiary alicyclic amines) is 1. The smallest absolute Gasteiger partial charge is 0.222 e. The van der Waals surface area contributed by atoms with Crippen LogP contribution >= 0.6 is 11.6 Å². The fourth-order valence-electron chi connectivity index (χ4n) is 1.90. The second-order valence-corrected chi connectivity index (χ2v) is 4.68. The molecule has 1 amide bonds. The van der Waals surface area contributed by atoms with Gasteiger partial charge in [-0.05, 0) is 12.5 Å². The summed E-state index contributed by atoms with van der Waals surface area (Å²) in [6.07, 6.45) is 2.91. The van der Waals surface area contributed by atoms with Gasteiger partial charge in [0, 0.05) is 32.3 Å². The largest absolute Gasteiger partial charge is 0.396 e. The highest BCUT2D eigenvalue weighted by atomic mass is 35.5. The fraction of sp³-hybridized carbons (Fsp3) is 0.455. The summed E-state index contributed by atoms with van der Waals surface area (Å²) in [6, 6.07) is 1.85. The van der Waals surface area contributed by atoms with Crippen LogP contribution in [0.15, 0.2) is 12.3 Å². The van der Waals surface area contributed by atoms with E-state index in [1.165, 1.54) is 0 Å². The van der Waals surface area contributed by atoms with Crippen molar-refractivity contribution in [3.8, 4) is 0 Å². The van der Waals surface area contributed by atoms with Gasteiger partial charge in [-0.25, -0.2) is 4.98 Å². The Kier molecular flexibility index (Phi) is 3.38. The molecule has 0 aliphatic carbocycles. The molecule has 0 bridgehead atoms. The summed E-state index contributed by atoms with van der Waals surface area (Å²) in [7, 11) is 1.80. The van der Waals surface area contributed by atoms with Gasteiger partial charge >= 0.3 is 0 Å². The first-order valence-electron chi connectivity index (χ1n) is 5.48. The summed E-state index contributed by atoms with van der Waals surface area (Å²) in [5.41, 5.74) is 6.34.